The third kappa shape index (κ3) is 7.79. The van der Waals surface area contributed by atoms with E-state index in [4.69, 9.17) is 9.47 Å². The molecule has 1 heterocycles. The van der Waals surface area contributed by atoms with Crippen molar-refractivity contribution in [3.63, 3.8) is 0 Å². The fourth-order valence-electron chi connectivity index (χ4n) is 4.69. The Labute approximate surface area is 242 Å². The molecule has 0 bridgehead atoms. The summed E-state index contributed by atoms with van der Waals surface area (Å²) in [4.78, 5) is 29.2. The molecule has 10 heteroatoms. The number of carbonyl (C=O) groups is 2. The molecule has 0 saturated heterocycles. The van der Waals surface area contributed by atoms with Crippen LogP contribution in [0.2, 0.25) is 0 Å². The van der Waals surface area contributed by atoms with Crippen LogP contribution in [-0.4, -0.2) is 63.7 Å². The van der Waals surface area contributed by atoms with Gasteiger partial charge in [0, 0.05) is 25.6 Å². The van der Waals surface area contributed by atoms with Gasteiger partial charge in [0.1, 0.15) is 25.8 Å². The second-order valence-corrected chi connectivity index (χ2v) is 11.9. The van der Waals surface area contributed by atoms with E-state index in [0.717, 1.165) is 33.7 Å². The van der Waals surface area contributed by atoms with Crippen molar-refractivity contribution in [3.8, 4) is 11.5 Å². The Morgan fingerprint density at radius 3 is 2.32 bits per heavy atom. The van der Waals surface area contributed by atoms with Gasteiger partial charge < -0.3 is 19.7 Å². The second kappa shape index (κ2) is 13.5. The number of nitrogens with zero attached hydrogens (tertiary/aromatic N) is 2. The summed E-state index contributed by atoms with van der Waals surface area (Å²) in [7, 11) is -3.88. The standard InChI is InChI=1S/C31H37N3O6S/c1-4-16-32-31(36)27(19-24-11-6-5-7-12-24)33(21-25-13-9-8-10-23(25)2)30(35)22-34(41(3,37)38)26-14-15-28-29(20-26)40-18-17-39-28/h5-15,20,27H,4,16-19,21-22H2,1-3H3,(H,32,36). The molecule has 4 rings (SSSR count). The van der Waals surface area contributed by atoms with Gasteiger partial charge in [-0.15, -0.1) is 0 Å². The summed E-state index contributed by atoms with van der Waals surface area (Å²) >= 11 is 0. The molecule has 0 fully saturated rings. The van der Waals surface area contributed by atoms with E-state index in [9.17, 15) is 18.0 Å². The zero-order valence-corrected chi connectivity index (χ0v) is 24.5. The lowest BCUT2D eigenvalue weighted by Crippen LogP contribution is -2.53. The molecule has 1 atom stereocenters. The number of fused-ring (bicyclic) bond motifs is 1. The van der Waals surface area contributed by atoms with E-state index in [-0.39, 0.29) is 24.6 Å². The van der Waals surface area contributed by atoms with Gasteiger partial charge in [0.15, 0.2) is 11.5 Å². The molecule has 0 aliphatic carbocycles. The summed E-state index contributed by atoms with van der Waals surface area (Å²) < 4.78 is 38.3. The Balaban J connectivity index is 1.73. The van der Waals surface area contributed by atoms with Crippen molar-refractivity contribution in [3.05, 3.63) is 89.5 Å². The zero-order valence-electron chi connectivity index (χ0n) is 23.7. The lowest BCUT2D eigenvalue weighted by molar-refractivity contribution is -0.140. The predicted octanol–water partition coefficient (Wildman–Crippen LogP) is 3.70. The number of hydrogen-bond acceptors (Lipinski definition) is 6. The molecule has 1 unspecified atom stereocenters. The topological polar surface area (TPSA) is 105 Å². The van der Waals surface area contributed by atoms with Crippen molar-refractivity contribution in [2.75, 3.05) is 36.9 Å². The Morgan fingerprint density at radius 1 is 0.951 bits per heavy atom. The van der Waals surface area contributed by atoms with Gasteiger partial charge in [0.2, 0.25) is 21.8 Å². The van der Waals surface area contributed by atoms with Crippen LogP contribution in [-0.2, 0) is 32.6 Å². The summed E-state index contributed by atoms with van der Waals surface area (Å²) in [6.07, 6.45) is 2.07. The summed E-state index contributed by atoms with van der Waals surface area (Å²) in [5.74, 6) is 0.132. The molecule has 41 heavy (non-hydrogen) atoms. The zero-order chi connectivity index (χ0) is 29.4. The van der Waals surface area contributed by atoms with Crippen LogP contribution < -0.4 is 19.1 Å². The first kappa shape index (κ1) is 29.9. The van der Waals surface area contributed by atoms with Crippen LogP contribution in [0, 0.1) is 6.92 Å². The molecular weight excluding hydrogens is 542 g/mol. The quantitative estimate of drug-likeness (QED) is 0.351. The maximum Gasteiger partial charge on any atom is 0.244 e. The van der Waals surface area contributed by atoms with E-state index in [1.54, 1.807) is 18.2 Å². The Morgan fingerprint density at radius 2 is 1.63 bits per heavy atom. The number of nitrogens with one attached hydrogen (secondary N) is 1. The first-order valence-corrected chi connectivity index (χ1v) is 15.5. The minimum absolute atomic E-state index is 0.140. The molecule has 2 amide bonds. The molecule has 0 spiro atoms. The van der Waals surface area contributed by atoms with Gasteiger partial charge in [0.05, 0.1) is 11.9 Å². The predicted molar refractivity (Wildman–Crippen MR) is 159 cm³/mol. The largest absolute Gasteiger partial charge is 0.486 e. The van der Waals surface area contributed by atoms with Crippen molar-refractivity contribution in [1.82, 2.24) is 10.2 Å². The minimum Gasteiger partial charge on any atom is -0.486 e. The first-order chi connectivity index (χ1) is 19.7. The summed E-state index contributed by atoms with van der Waals surface area (Å²) in [6, 6.07) is 21.0. The fourth-order valence-corrected chi connectivity index (χ4v) is 5.53. The normalized spacial score (nSPS) is 13.2. The van der Waals surface area contributed by atoms with Crippen LogP contribution in [0.4, 0.5) is 5.69 Å². The summed E-state index contributed by atoms with van der Waals surface area (Å²) in [6.45, 7) is 4.75. The van der Waals surface area contributed by atoms with E-state index < -0.39 is 28.5 Å². The van der Waals surface area contributed by atoms with Gasteiger partial charge >= 0.3 is 0 Å². The number of carbonyl (C=O) groups excluding carboxylic acids is 2. The van der Waals surface area contributed by atoms with Gasteiger partial charge in [0.25, 0.3) is 0 Å². The molecule has 1 N–H and O–H groups in total. The second-order valence-electron chi connectivity index (χ2n) is 10.0. The highest BCUT2D eigenvalue weighted by Crippen LogP contribution is 2.34. The molecule has 218 valence electrons. The maximum absolute atomic E-state index is 14.2. The van der Waals surface area contributed by atoms with Crippen LogP contribution in [0.5, 0.6) is 11.5 Å². The van der Waals surface area contributed by atoms with Crippen molar-refractivity contribution in [2.45, 2.75) is 39.3 Å². The third-order valence-corrected chi connectivity index (χ3v) is 8.06. The van der Waals surface area contributed by atoms with Crippen LogP contribution in [0.1, 0.15) is 30.0 Å². The molecule has 3 aromatic rings. The van der Waals surface area contributed by atoms with E-state index in [2.05, 4.69) is 5.32 Å². The molecule has 0 aromatic heterocycles. The van der Waals surface area contributed by atoms with Crippen molar-refractivity contribution < 1.29 is 27.5 Å². The Hall–Kier alpha value is -4.05. The van der Waals surface area contributed by atoms with E-state index >= 15 is 0 Å². The average molecular weight is 580 g/mol. The first-order valence-electron chi connectivity index (χ1n) is 13.7. The molecule has 0 radical (unpaired) electrons. The maximum atomic E-state index is 14.2. The van der Waals surface area contributed by atoms with Crippen molar-refractivity contribution in [2.24, 2.45) is 0 Å². The summed E-state index contributed by atoms with van der Waals surface area (Å²) in [5.41, 5.74) is 2.99. The van der Waals surface area contributed by atoms with Gasteiger partial charge in [-0.1, -0.05) is 61.5 Å². The highest BCUT2D eigenvalue weighted by atomic mass is 32.2. The van der Waals surface area contributed by atoms with E-state index in [1.807, 2.05) is 68.4 Å². The average Bonchev–Trinajstić information content (AvgIpc) is 2.97. The third-order valence-electron chi connectivity index (χ3n) is 6.92. The van der Waals surface area contributed by atoms with Crippen LogP contribution >= 0.6 is 0 Å². The van der Waals surface area contributed by atoms with Gasteiger partial charge in [-0.05, 0) is 42.2 Å². The van der Waals surface area contributed by atoms with Crippen LogP contribution in [0.3, 0.4) is 0 Å². The molecule has 0 saturated carbocycles. The number of ether oxygens (including phenoxy) is 2. The van der Waals surface area contributed by atoms with Gasteiger partial charge in [-0.3, -0.25) is 13.9 Å². The Kier molecular flexibility index (Phi) is 9.88. The number of sulfonamides is 1. The molecule has 9 nitrogen and oxygen atoms in total. The van der Waals surface area contributed by atoms with Gasteiger partial charge in [-0.25, -0.2) is 8.42 Å². The Bertz CT molecular complexity index is 1460. The van der Waals surface area contributed by atoms with Crippen LogP contribution in [0.15, 0.2) is 72.8 Å². The minimum atomic E-state index is -3.88. The number of rotatable bonds is 12. The highest BCUT2D eigenvalue weighted by molar-refractivity contribution is 7.92. The number of benzene rings is 3. The smallest absolute Gasteiger partial charge is 0.244 e. The lowest BCUT2D eigenvalue weighted by atomic mass is 10.0. The SMILES string of the molecule is CCCNC(=O)C(Cc1ccccc1)N(Cc1ccccc1C)C(=O)CN(c1ccc2c(c1)OCCO2)S(C)(=O)=O. The van der Waals surface area contributed by atoms with E-state index in [0.29, 0.717) is 31.3 Å². The number of anilines is 1. The summed E-state index contributed by atoms with van der Waals surface area (Å²) in [5, 5.41) is 2.94. The monoisotopic (exact) mass is 579 g/mol. The number of amides is 2. The number of hydrogen-bond donors (Lipinski definition) is 1. The van der Waals surface area contributed by atoms with Crippen molar-refractivity contribution in [1.29, 1.82) is 0 Å². The molecule has 1 aliphatic heterocycles. The fraction of sp³-hybridized carbons (Fsp3) is 0.355. The van der Waals surface area contributed by atoms with Crippen molar-refractivity contribution >= 4 is 27.5 Å². The number of aryl methyl sites for hydroxylation is 1. The van der Waals surface area contributed by atoms with Crippen LogP contribution in [0.25, 0.3) is 0 Å². The van der Waals surface area contributed by atoms with E-state index in [1.165, 1.54) is 4.90 Å². The molecule has 1 aliphatic rings. The lowest BCUT2D eigenvalue weighted by Gasteiger charge is -2.34. The molecule has 3 aromatic carbocycles. The van der Waals surface area contributed by atoms with Gasteiger partial charge in [-0.2, -0.15) is 0 Å². The molecular formula is C31H37N3O6S. The highest BCUT2D eigenvalue weighted by Gasteiger charge is 2.33.